The molecule has 0 amide bonds. The lowest BCUT2D eigenvalue weighted by Gasteiger charge is -2.07. The standard InChI is InChI=1S/C15H17NO8/c17-11-12-5-1-2-6-13(12)24-15(19)8-7-14(18)22-9-3-4-10-23-16(20)21/h1-2,5-6,11H,3-4,7-10H2. The molecule has 130 valence electrons. The van der Waals surface area contributed by atoms with Crippen molar-refractivity contribution in [2.24, 2.45) is 0 Å². The number of unbranched alkanes of at least 4 members (excludes halogenated alkanes) is 1. The third-order valence-corrected chi connectivity index (χ3v) is 2.80. The van der Waals surface area contributed by atoms with Gasteiger partial charge < -0.3 is 14.3 Å². The maximum Gasteiger partial charge on any atom is 0.311 e. The second-order valence-corrected chi connectivity index (χ2v) is 4.61. The highest BCUT2D eigenvalue weighted by Crippen LogP contribution is 2.16. The van der Waals surface area contributed by atoms with Crippen LogP contribution in [0.2, 0.25) is 0 Å². The number of rotatable bonds is 11. The Morgan fingerprint density at radius 2 is 1.75 bits per heavy atom. The summed E-state index contributed by atoms with van der Waals surface area (Å²) in [6.45, 7) is 0.0238. The molecule has 1 aromatic carbocycles. The molecule has 0 bridgehead atoms. The second-order valence-electron chi connectivity index (χ2n) is 4.61. The van der Waals surface area contributed by atoms with Crippen molar-refractivity contribution in [2.75, 3.05) is 13.2 Å². The van der Waals surface area contributed by atoms with E-state index in [-0.39, 0.29) is 37.4 Å². The van der Waals surface area contributed by atoms with E-state index in [1.165, 1.54) is 12.1 Å². The molecule has 0 aliphatic rings. The molecule has 0 saturated heterocycles. The molecule has 0 atom stereocenters. The summed E-state index contributed by atoms with van der Waals surface area (Å²) in [5.74, 6) is -1.09. The number of carbonyl (C=O) groups excluding carboxylic acids is 3. The van der Waals surface area contributed by atoms with E-state index in [0.717, 1.165) is 0 Å². The van der Waals surface area contributed by atoms with Crippen molar-refractivity contribution in [1.29, 1.82) is 0 Å². The van der Waals surface area contributed by atoms with Crippen LogP contribution in [0.3, 0.4) is 0 Å². The molecule has 0 aliphatic heterocycles. The predicted octanol–water partition coefficient (Wildman–Crippen LogP) is 1.72. The second kappa shape index (κ2) is 10.7. The summed E-state index contributed by atoms with van der Waals surface area (Å²) >= 11 is 0. The number of benzene rings is 1. The van der Waals surface area contributed by atoms with Crippen LogP contribution in [-0.2, 0) is 19.2 Å². The molecule has 0 saturated carbocycles. The van der Waals surface area contributed by atoms with Crippen LogP contribution in [0.15, 0.2) is 24.3 Å². The van der Waals surface area contributed by atoms with Gasteiger partial charge in [-0.05, 0) is 25.0 Å². The van der Waals surface area contributed by atoms with Crippen LogP contribution in [0, 0.1) is 10.1 Å². The molecule has 0 aromatic heterocycles. The Bertz CT molecular complexity index is 587. The summed E-state index contributed by atoms with van der Waals surface area (Å²) in [5.41, 5.74) is 0.241. The van der Waals surface area contributed by atoms with Gasteiger partial charge in [0.25, 0.3) is 5.09 Å². The fourth-order valence-electron chi connectivity index (χ4n) is 1.65. The lowest BCUT2D eigenvalue weighted by Crippen LogP contribution is -2.13. The molecule has 1 aromatic rings. The fraction of sp³-hybridized carbons (Fsp3) is 0.400. The van der Waals surface area contributed by atoms with E-state index in [4.69, 9.17) is 9.47 Å². The lowest BCUT2D eigenvalue weighted by molar-refractivity contribution is -0.757. The number of hydrogen-bond acceptors (Lipinski definition) is 8. The molecule has 0 unspecified atom stereocenters. The number of ether oxygens (including phenoxy) is 2. The van der Waals surface area contributed by atoms with Gasteiger partial charge in [-0.3, -0.25) is 14.4 Å². The van der Waals surface area contributed by atoms with Gasteiger partial charge in [0.2, 0.25) is 0 Å². The summed E-state index contributed by atoms with van der Waals surface area (Å²) < 4.78 is 9.87. The predicted molar refractivity (Wildman–Crippen MR) is 79.8 cm³/mol. The highest BCUT2D eigenvalue weighted by molar-refractivity contribution is 5.83. The number of para-hydroxylation sites is 1. The van der Waals surface area contributed by atoms with Crippen LogP contribution in [-0.4, -0.2) is 36.5 Å². The maximum atomic E-state index is 11.6. The van der Waals surface area contributed by atoms with Crippen molar-refractivity contribution in [2.45, 2.75) is 25.7 Å². The highest BCUT2D eigenvalue weighted by Gasteiger charge is 2.12. The molecule has 0 radical (unpaired) electrons. The zero-order valence-corrected chi connectivity index (χ0v) is 12.8. The van der Waals surface area contributed by atoms with Crippen LogP contribution < -0.4 is 4.74 Å². The SMILES string of the molecule is O=Cc1ccccc1OC(=O)CCC(=O)OCCCCO[N+](=O)[O-]. The summed E-state index contributed by atoms with van der Waals surface area (Å²) in [4.78, 5) is 47.9. The van der Waals surface area contributed by atoms with Gasteiger partial charge in [0, 0.05) is 0 Å². The first kappa shape index (κ1) is 19.1. The van der Waals surface area contributed by atoms with Gasteiger partial charge in [-0.25, -0.2) is 0 Å². The fourth-order valence-corrected chi connectivity index (χ4v) is 1.65. The molecular weight excluding hydrogens is 322 g/mol. The van der Waals surface area contributed by atoms with Crippen molar-refractivity contribution in [1.82, 2.24) is 0 Å². The van der Waals surface area contributed by atoms with Gasteiger partial charge in [-0.2, -0.15) is 0 Å². The quantitative estimate of drug-likeness (QED) is 0.149. The molecule has 0 heterocycles. The van der Waals surface area contributed by atoms with Crippen molar-refractivity contribution < 1.29 is 33.8 Å². The average Bonchev–Trinajstić information content (AvgIpc) is 2.56. The molecular formula is C15H17NO8. The van der Waals surface area contributed by atoms with Crippen LogP contribution in [0.1, 0.15) is 36.0 Å². The molecule has 9 nitrogen and oxygen atoms in total. The van der Waals surface area contributed by atoms with E-state index >= 15 is 0 Å². The van der Waals surface area contributed by atoms with Crippen LogP contribution in [0.25, 0.3) is 0 Å². The Morgan fingerprint density at radius 1 is 1.08 bits per heavy atom. The van der Waals surface area contributed by atoms with Crippen LogP contribution in [0.4, 0.5) is 0 Å². The van der Waals surface area contributed by atoms with Gasteiger partial charge in [-0.15, -0.1) is 10.1 Å². The minimum absolute atomic E-state index is 0.0625. The van der Waals surface area contributed by atoms with Gasteiger partial charge in [0.05, 0.1) is 31.6 Å². The molecule has 0 aliphatic carbocycles. The zero-order chi connectivity index (χ0) is 17.8. The number of esters is 2. The normalized spacial score (nSPS) is 9.83. The Kier molecular flexibility index (Phi) is 8.51. The molecule has 9 heteroatoms. The van der Waals surface area contributed by atoms with Crippen molar-refractivity contribution >= 4 is 18.2 Å². The summed E-state index contributed by atoms with van der Waals surface area (Å²) in [6.07, 6.45) is 1.01. The summed E-state index contributed by atoms with van der Waals surface area (Å²) in [7, 11) is 0. The first-order valence-electron chi connectivity index (χ1n) is 7.20. The van der Waals surface area contributed by atoms with Crippen molar-refractivity contribution in [3.05, 3.63) is 39.9 Å². The summed E-state index contributed by atoms with van der Waals surface area (Å²) in [6, 6.07) is 6.24. The maximum absolute atomic E-state index is 11.6. The zero-order valence-electron chi connectivity index (χ0n) is 12.8. The highest BCUT2D eigenvalue weighted by atomic mass is 16.9. The Morgan fingerprint density at radius 3 is 2.46 bits per heavy atom. The smallest absolute Gasteiger partial charge is 0.311 e. The average molecular weight is 339 g/mol. The molecule has 24 heavy (non-hydrogen) atoms. The number of hydrogen-bond donors (Lipinski definition) is 0. The van der Waals surface area contributed by atoms with Gasteiger partial charge >= 0.3 is 11.9 Å². The van der Waals surface area contributed by atoms with E-state index in [2.05, 4.69) is 4.84 Å². The van der Waals surface area contributed by atoms with Crippen LogP contribution in [0.5, 0.6) is 5.75 Å². The first-order chi connectivity index (χ1) is 11.5. The van der Waals surface area contributed by atoms with Gasteiger partial charge in [0.15, 0.2) is 6.29 Å². The van der Waals surface area contributed by atoms with Gasteiger partial charge in [-0.1, -0.05) is 12.1 Å². The van der Waals surface area contributed by atoms with E-state index in [0.29, 0.717) is 19.1 Å². The van der Waals surface area contributed by atoms with Crippen molar-refractivity contribution in [3.8, 4) is 5.75 Å². The van der Waals surface area contributed by atoms with Crippen LogP contribution >= 0.6 is 0 Å². The number of nitrogens with zero attached hydrogens (tertiary/aromatic N) is 1. The van der Waals surface area contributed by atoms with Gasteiger partial charge in [0.1, 0.15) is 5.75 Å². The topological polar surface area (TPSA) is 122 Å². The van der Waals surface area contributed by atoms with E-state index in [1.54, 1.807) is 12.1 Å². The Hall–Kier alpha value is -2.97. The largest absolute Gasteiger partial charge is 0.466 e. The number of aldehydes is 1. The molecule has 0 fully saturated rings. The van der Waals surface area contributed by atoms with E-state index in [9.17, 15) is 24.5 Å². The minimum atomic E-state index is -0.889. The Labute approximate surface area is 137 Å². The first-order valence-corrected chi connectivity index (χ1v) is 7.20. The van der Waals surface area contributed by atoms with E-state index < -0.39 is 17.0 Å². The molecule has 0 N–H and O–H groups in total. The monoisotopic (exact) mass is 339 g/mol. The summed E-state index contributed by atoms with van der Waals surface area (Å²) in [5, 5.41) is 9.01. The molecule has 0 spiro atoms. The third kappa shape index (κ3) is 7.87. The lowest BCUT2D eigenvalue weighted by atomic mass is 10.2. The van der Waals surface area contributed by atoms with E-state index in [1.807, 2.05) is 0 Å². The third-order valence-electron chi connectivity index (χ3n) is 2.80. The molecule has 1 rings (SSSR count). The van der Waals surface area contributed by atoms with Crippen molar-refractivity contribution in [3.63, 3.8) is 0 Å². The Balaban J connectivity index is 2.18. The minimum Gasteiger partial charge on any atom is -0.466 e. The number of carbonyl (C=O) groups is 3.